The number of hydrogen-bond acceptors (Lipinski definition) is 4. The molecule has 0 radical (unpaired) electrons. The summed E-state index contributed by atoms with van der Waals surface area (Å²) in [5, 5.41) is 3.96. The van der Waals surface area contributed by atoms with Gasteiger partial charge in [-0.05, 0) is 58.7 Å². The Balaban J connectivity index is 2.29. The van der Waals surface area contributed by atoms with E-state index in [0.717, 1.165) is 3.57 Å². The number of benzene rings is 1. The van der Waals surface area contributed by atoms with Crippen molar-refractivity contribution in [2.45, 2.75) is 27.7 Å². The molecular formula is C19H20INO3. The summed E-state index contributed by atoms with van der Waals surface area (Å²) >= 11 is 2.08. The summed E-state index contributed by atoms with van der Waals surface area (Å²) in [5.74, 6) is -0.307. The van der Waals surface area contributed by atoms with E-state index in [1.165, 1.54) is 0 Å². The lowest BCUT2D eigenvalue weighted by Crippen LogP contribution is -2.21. The van der Waals surface area contributed by atoms with E-state index in [2.05, 4.69) is 27.7 Å². The van der Waals surface area contributed by atoms with Crippen LogP contribution in [0.1, 0.15) is 38.1 Å². The molecule has 0 aromatic heterocycles. The van der Waals surface area contributed by atoms with E-state index in [9.17, 15) is 9.59 Å². The molecule has 0 saturated heterocycles. The van der Waals surface area contributed by atoms with Crippen LogP contribution in [-0.4, -0.2) is 17.5 Å². The molecule has 0 spiro atoms. The molecule has 0 atom stereocenters. The van der Waals surface area contributed by atoms with Gasteiger partial charge in [0.25, 0.3) is 0 Å². The second-order valence-electron chi connectivity index (χ2n) is 6.21. The molecule has 0 aliphatic heterocycles. The van der Waals surface area contributed by atoms with E-state index in [1.807, 2.05) is 39.8 Å². The van der Waals surface area contributed by atoms with Crippen LogP contribution in [0.3, 0.4) is 0 Å². The van der Waals surface area contributed by atoms with Gasteiger partial charge in [-0.2, -0.15) is 0 Å². The van der Waals surface area contributed by atoms with Gasteiger partial charge in [-0.25, -0.2) is 4.79 Å². The topological polar surface area (TPSA) is 55.7 Å². The van der Waals surface area contributed by atoms with Gasteiger partial charge in [-0.1, -0.05) is 45.0 Å². The van der Waals surface area contributed by atoms with Gasteiger partial charge in [0.2, 0.25) is 0 Å². The lowest BCUT2D eigenvalue weighted by atomic mass is 9.84. The quantitative estimate of drug-likeness (QED) is 0.301. The van der Waals surface area contributed by atoms with Gasteiger partial charge >= 0.3 is 5.97 Å². The van der Waals surface area contributed by atoms with Gasteiger partial charge in [0, 0.05) is 14.7 Å². The largest absolute Gasteiger partial charge is 0.366 e. The Morgan fingerprint density at radius 2 is 1.58 bits per heavy atom. The number of halogens is 1. The zero-order valence-electron chi connectivity index (χ0n) is 14.2. The number of carbonyl (C=O) groups excluding carboxylic acids is 2. The predicted octanol–water partition coefficient (Wildman–Crippen LogP) is 4.55. The van der Waals surface area contributed by atoms with Crippen LogP contribution in [0, 0.1) is 15.4 Å². The van der Waals surface area contributed by atoms with Crippen molar-refractivity contribution in [1.29, 1.82) is 0 Å². The Bertz CT molecular complexity index is 728. The number of rotatable bonds is 4. The van der Waals surface area contributed by atoms with Gasteiger partial charge in [-0.15, -0.1) is 0 Å². The van der Waals surface area contributed by atoms with Crippen LogP contribution >= 0.6 is 22.6 Å². The molecule has 24 heavy (non-hydrogen) atoms. The molecule has 4 nitrogen and oxygen atoms in total. The van der Waals surface area contributed by atoms with Crippen LogP contribution in [0.2, 0.25) is 0 Å². The van der Waals surface area contributed by atoms with Crippen molar-refractivity contribution in [2.75, 3.05) is 0 Å². The first kappa shape index (κ1) is 18.6. The summed E-state index contributed by atoms with van der Waals surface area (Å²) in [7, 11) is 0. The zero-order chi connectivity index (χ0) is 17.9. The molecule has 126 valence electrons. The summed E-state index contributed by atoms with van der Waals surface area (Å²) in [6.07, 6.45) is 3.39. The molecular weight excluding hydrogens is 417 g/mol. The fourth-order valence-electron chi connectivity index (χ4n) is 2.34. The summed E-state index contributed by atoms with van der Waals surface area (Å²) in [5.41, 5.74) is 2.33. The molecule has 2 rings (SSSR count). The third kappa shape index (κ3) is 4.20. The van der Waals surface area contributed by atoms with Crippen LogP contribution in [0.15, 0.2) is 52.7 Å². The molecule has 1 aromatic rings. The van der Waals surface area contributed by atoms with Crippen molar-refractivity contribution >= 4 is 40.1 Å². The summed E-state index contributed by atoms with van der Waals surface area (Å²) in [6.45, 7) is 7.85. The maximum absolute atomic E-state index is 12.5. The second kappa shape index (κ2) is 7.88. The highest BCUT2D eigenvalue weighted by Crippen LogP contribution is 2.25. The molecule has 0 bridgehead atoms. The fraction of sp³-hybridized carbons (Fsp3) is 0.316. The monoisotopic (exact) mass is 437 g/mol. The average molecular weight is 437 g/mol. The minimum atomic E-state index is -0.511. The van der Waals surface area contributed by atoms with Crippen molar-refractivity contribution in [2.24, 2.45) is 17.0 Å². The molecule has 0 amide bonds. The number of hydrogen-bond donors (Lipinski definition) is 0. The first-order valence-corrected chi connectivity index (χ1v) is 8.91. The second-order valence-corrected chi connectivity index (χ2v) is 7.37. The number of carbonyl (C=O) groups is 2. The molecule has 0 fully saturated rings. The van der Waals surface area contributed by atoms with E-state index in [0.29, 0.717) is 22.4 Å². The average Bonchev–Trinajstić information content (AvgIpc) is 2.53. The summed E-state index contributed by atoms with van der Waals surface area (Å²) in [6, 6.07) is 7.15. The molecule has 1 aromatic carbocycles. The molecule has 0 N–H and O–H groups in total. The Hall–Kier alpha value is -1.76. The molecule has 1 aliphatic rings. The van der Waals surface area contributed by atoms with Gasteiger partial charge in [-0.3, -0.25) is 4.79 Å². The van der Waals surface area contributed by atoms with Crippen LogP contribution in [0.4, 0.5) is 0 Å². The normalized spacial score (nSPS) is 14.6. The maximum Gasteiger partial charge on any atom is 0.366 e. The minimum absolute atomic E-state index is 0.0443. The van der Waals surface area contributed by atoms with Gasteiger partial charge in [0.05, 0.1) is 5.56 Å². The van der Waals surface area contributed by atoms with Gasteiger partial charge in [0.1, 0.15) is 5.71 Å². The smallest absolute Gasteiger partial charge is 0.312 e. The van der Waals surface area contributed by atoms with Crippen molar-refractivity contribution in [3.8, 4) is 0 Å². The van der Waals surface area contributed by atoms with Crippen LogP contribution < -0.4 is 0 Å². The van der Waals surface area contributed by atoms with Crippen molar-refractivity contribution < 1.29 is 14.4 Å². The summed E-state index contributed by atoms with van der Waals surface area (Å²) < 4.78 is 0.802. The van der Waals surface area contributed by atoms with Crippen LogP contribution in [0.5, 0.6) is 0 Å². The van der Waals surface area contributed by atoms with E-state index in [-0.39, 0.29) is 17.6 Å². The number of ketones is 1. The third-order valence-electron chi connectivity index (χ3n) is 3.70. The van der Waals surface area contributed by atoms with E-state index in [4.69, 9.17) is 4.84 Å². The Morgan fingerprint density at radius 3 is 2.08 bits per heavy atom. The Labute approximate surface area is 155 Å². The number of allylic oxidation sites excluding steroid dienone is 4. The molecule has 0 heterocycles. The van der Waals surface area contributed by atoms with Crippen molar-refractivity contribution in [3.63, 3.8) is 0 Å². The highest BCUT2D eigenvalue weighted by molar-refractivity contribution is 14.1. The Morgan fingerprint density at radius 1 is 1.04 bits per heavy atom. The SMILES string of the molecule is CC(C)C1=CC(=NOC(=O)c2ccccc2I)C=C(C(C)C)C1=O. The van der Waals surface area contributed by atoms with E-state index >= 15 is 0 Å². The number of Topliss-reactive ketones (excluding diaryl/α,β-unsaturated/α-hetero) is 1. The predicted molar refractivity (Wildman–Crippen MR) is 103 cm³/mol. The van der Waals surface area contributed by atoms with Crippen molar-refractivity contribution in [3.05, 3.63) is 56.7 Å². The van der Waals surface area contributed by atoms with Crippen LogP contribution in [0.25, 0.3) is 0 Å². The molecule has 0 saturated carbocycles. The maximum atomic E-state index is 12.5. The highest BCUT2D eigenvalue weighted by atomic mass is 127. The Kier molecular flexibility index (Phi) is 6.10. The molecule has 5 heteroatoms. The van der Waals surface area contributed by atoms with Gasteiger partial charge in [0.15, 0.2) is 5.78 Å². The third-order valence-corrected chi connectivity index (χ3v) is 4.64. The minimum Gasteiger partial charge on any atom is -0.312 e. The molecule has 0 unspecified atom stereocenters. The van der Waals surface area contributed by atoms with Crippen molar-refractivity contribution in [1.82, 2.24) is 0 Å². The summed E-state index contributed by atoms with van der Waals surface area (Å²) in [4.78, 5) is 29.7. The lowest BCUT2D eigenvalue weighted by molar-refractivity contribution is -0.113. The number of oxime groups is 1. The standard InChI is InChI=1S/C19H20INO3/c1-11(2)15-9-13(10-16(12(3)4)18(15)22)21-24-19(23)14-7-5-6-8-17(14)20/h5-12H,1-4H3. The first-order chi connectivity index (χ1) is 11.3. The number of nitrogens with zero attached hydrogens (tertiary/aromatic N) is 1. The zero-order valence-corrected chi connectivity index (χ0v) is 16.3. The lowest BCUT2D eigenvalue weighted by Gasteiger charge is -2.19. The van der Waals surface area contributed by atoms with E-state index in [1.54, 1.807) is 24.3 Å². The van der Waals surface area contributed by atoms with Gasteiger partial charge < -0.3 is 4.84 Å². The van der Waals surface area contributed by atoms with Crippen LogP contribution in [-0.2, 0) is 9.63 Å². The van der Waals surface area contributed by atoms with E-state index < -0.39 is 5.97 Å². The first-order valence-electron chi connectivity index (χ1n) is 7.83. The molecule has 1 aliphatic carbocycles. The fourth-order valence-corrected chi connectivity index (χ4v) is 2.95. The highest BCUT2D eigenvalue weighted by Gasteiger charge is 2.25.